The van der Waals surface area contributed by atoms with E-state index in [9.17, 15) is 0 Å². The maximum Gasteiger partial charge on any atom is 0.0264 e. The van der Waals surface area contributed by atoms with Gasteiger partial charge in [0, 0.05) is 5.70 Å². The van der Waals surface area contributed by atoms with Gasteiger partial charge in [0.15, 0.2) is 0 Å². The minimum absolute atomic E-state index is 0.626. The first-order valence-electron chi connectivity index (χ1n) is 3.17. The van der Waals surface area contributed by atoms with Crippen molar-refractivity contribution in [2.45, 2.75) is 13.3 Å². The molecule has 2 nitrogen and oxygen atoms in total. The Hall–Kier alpha value is -0.760. The third kappa shape index (κ3) is 1.57. The zero-order valence-electron chi connectivity index (χ0n) is 5.59. The number of allylic oxidation sites excluding steroid dienone is 4. The first-order chi connectivity index (χ1) is 4.33. The van der Waals surface area contributed by atoms with E-state index in [2.05, 4.69) is 18.4 Å². The number of rotatable bonds is 1. The highest BCUT2D eigenvalue weighted by atomic mass is 15.2. The van der Waals surface area contributed by atoms with Crippen LogP contribution in [0.4, 0.5) is 0 Å². The Morgan fingerprint density at radius 1 is 1.78 bits per heavy atom. The second kappa shape index (κ2) is 2.69. The fraction of sp³-hybridized carbons (Fsp3) is 0.429. The van der Waals surface area contributed by atoms with Crippen molar-refractivity contribution in [1.29, 1.82) is 0 Å². The van der Waals surface area contributed by atoms with E-state index >= 15 is 0 Å². The topological polar surface area (TPSA) is 38.0 Å². The van der Waals surface area contributed by atoms with Gasteiger partial charge in [-0.15, -0.1) is 0 Å². The second-order valence-corrected chi connectivity index (χ2v) is 2.40. The van der Waals surface area contributed by atoms with Crippen molar-refractivity contribution in [1.82, 2.24) is 5.43 Å². The average molecular weight is 124 g/mol. The molecule has 0 aromatic heterocycles. The lowest BCUT2D eigenvalue weighted by molar-refractivity contribution is 0.655. The van der Waals surface area contributed by atoms with Gasteiger partial charge >= 0.3 is 0 Å². The molecule has 0 radical (unpaired) electrons. The highest BCUT2D eigenvalue weighted by Crippen LogP contribution is 2.14. The number of nitrogens with two attached hydrogens (primary N) is 1. The van der Waals surface area contributed by atoms with E-state index in [1.807, 2.05) is 12.2 Å². The van der Waals surface area contributed by atoms with Gasteiger partial charge in [-0.1, -0.05) is 19.1 Å². The molecule has 1 aliphatic carbocycles. The summed E-state index contributed by atoms with van der Waals surface area (Å²) < 4.78 is 0. The summed E-state index contributed by atoms with van der Waals surface area (Å²) in [6, 6.07) is 0. The van der Waals surface area contributed by atoms with Gasteiger partial charge in [-0.05, 0) is 18.4 Å². The molecule has 9 heavy (non-hydrogen) atoms. The molecule has 0 fully saturated rings. The molecule has 1 rings (SSSR count). The summed E-state index contributed by atoms with van der Waals surface area (Å²) in [6.45, 7) is 2.17. The van der Waals surface area contributed by atoms with Gasteiger partial charge in [0.25, 0.3) is 0 Å². The maximum absolute atomic E-state index is 5.21. The molecular weight excluding hydrogens is 112 g/mol. The van der Waals surface area contributed by atoms with E-state index in [4.69, 9.17) is 5.84 Å². The molecule has 3 N–H and O–H groups in total. The van der Waals surface area contributed by atoms with Crippen LogP contribution in [0.1, 0.15) is 13.3 Å². The third-order valence-electron chi connectivity index (χ3n) is 1.46. The Morgan fingerprint density at radius 2 is 2.56 bits per heavy atom. The molecule has 0 aromatic carbocycles. The van der Waals surface area contributed by atoms with Gasteiger partial charge in [-0.25, -0.2) is 0 Å². The Morgan fingerprint density at radius 3 is 3.00 bits per heavy atom. The van der Waals surface area contributed by atoms with Crippen molar-refractivity contribution in [2.75, 3.05) is 0 Å². The largest absolute Gasteiger partial charge is 0.328 e. The number of hydrogen-bond donors (Lipinski definition) is 2. The van der Waals surface area contributed by atoms with E-state index in [1.165, 1.54) is 0 Å². The summed E-state index contributed by atoms with van der Waals surface area (Å²) in [5.41, 5.74) is 3.76. The van der Waals surface area contributed by atoms with Crippen LogP contribution in [0.2, 0.25) is 0 Å². The lowest BCUT2D eigenvalue weighted by Gasteiger charge is -2.12. The Labute approximate surface area is 55.4 Å². The van der Waals surface area contributed by atoms with Crippen molar-refractivity contribution >= 4 is 0 Å². The summed E-state index contributed by atoms with van der Waals surface area (Å²) >= 11 is 0. The second-order valence-electron chi connectivity index (χ2n) is 2.40. The van der Waals surface area contributed by atoms with Crippen LogP contribution in [0.5, 0.6) is 0 Å². The summed E-state index contributed by atoms with van der Waals surface area (Å²) in [6.07, 6.45) is 7.23. The van der Waals surface area contributed by atoms with E-state index in [1.54, 1.807) is 0 Å². The first-order valence-corrected chi connectivity index (χ1v) is 3.17. The summed E-state index contributed by atoms with van der Waals surface area (Å²) in [5, 5.41) is 0. The van der Waals surface area contributed by atoms with E-state index in [0.717, 1.165) is 12.1 Å². The minimum Gasteiger partial charge on any atom is -0.328 e. The molecule has 2 heteroatoms. The molecule has 0 amide bonds. The predicted molar refractivity (Wildman–Crippen MR) is 38.3 cm³/mol. The normalized spacial score (nSPS) is 25.6. The van der Waals surface area contributed by atoms with E-state index in [-0.39, 0.29) is 0 Å². The Balaban J connectivity index is 2.55. The highest BCUT2D eigenvalue weighted by molar-refractivity contribution is 5.17. The quantitative estimate of drug-likeness (QED) is 0.403. The molecular formula is C7H12N2. The fourth-order valence-electron chi connectivity index (χ4n) is 0.951. The Kier molecular flexibility index (Phi) is 1.90. The lowest BCUT2D eigenvalue weighted by atomic mass is 10.0. The molecule has 50 valence electrons. The van der Waals surface area contributed by atoms with Gasteiger partial charge < -0.3 is 5.43 Å². The predicted octanol–water partition coefficient (Wildman–Crippen LogP) is 0.930. The van der Waals surface area contributed by atoms with Gasteiger partial charge in [-0.2, -0.15) is 0 Å². The van der Waals surface area contributed by atoms with E-state index < -0.39 is 0 Å². The van der Waals surface area contributed by atoms with Gasteiger partial charge in [0.1, 0.15) is 0 Å². The van der Waals surface area contributed by atoms with Crippen molar-refractivity contribution in [3.63, 3.8) is 0 Å². The standard InChI is InChI=1S/C7H12N2/c1-6-3-2-4-7(5-6)9-8/h2-4,6,9H,5,8H2,1H3. The van der Waals surface area contributed by atoms with Crippen LogP contribution >= 0.6 is 0 Å². The van der Waals surface area contributed by atoms with Gasteiger partial charge in [-0.3, -0.25) is 5.84 Å². The van der Waals surface area contributed by atoms with E-state index in [0.29, 0.717) is 5.92 Å². The van der Waals surface area contributed by atoms with Crippen molar-refractivity contribution in [3.05, 3.63) is 23.9 Å². The summed E-state index contributed by atoms with van der Waals surface area (Å²) in [4.78, 5) is 0. The zero-order chi connectivity index (χ0) is 6.69. The molecule has 0 aromatic rings. The van der Waals surface area contributed by atoms with Crippen molar-refractivity contribution < 1.29 is 0 Å². The molecule has 1 unspecified atom stereocenters. The number of nitrogens with one attached hydrogen (secondary N) is 1. The third-order valence-corrected chi connectivity index (χ3v) is 1.46. The molecule has 0 saturated carbocycles. The SMILES string of the molecule is CC1C=CC=C(NN)C1. The molecule has 1 atom stereocenters. The van der Waals surface area contributed by atoms with Crippen LogP contribution in [-0.2, 0) is 0 Å². The summed E-state index contributed by atoms with van der Waals surface area (Å²) in [7, 11) is 0. The Bertz CT molecular complexity index is 147. The van der Waals surface area contributed by atoms with Crippen LogP contribution in [0.15, 0.2) is 23.9 Å². The fourth-order valence-corrected chi connectivity index (χ4v) is 0.951. The van der Waals surface area contributed by atoms with Crippen LogP contribution in [0.3, 0.4) is 0 Å². The van der Waals surface area contributed by atoms with Crippen LogP contribution in [0.25, 0.3) is 0 Å². The minimum atomic E-state index is 0.626. The van der Waals surface area contributed by atoms with Gasteiger partial charge in [0.2, 0.25) is 0 Å². The lowest BCUT2D eigenvalue weighted by Crippen LogP contribution is -2.23. The molecule has 0 aliphatic heterocycles. The zero-order valence-corrected chi connectivity index (χ0v) is 5.59. The van der Waals surface area contributed by atoms with Crippen LogP contribution in [-0.4, -0.2) is 0 Å². The maximum atomic E-state index is 5.21. The molecule has 0 bridgehead atoms. The number of hydrazine groups is 1. The number of hydrogen-bond acceptors (Lipinski definition) is 2. The van der Waals surface area contributed by atoms with Gasteiger partial charge in [0.05, 0.1) is 0 Å². The average Bonchev–Trinajstić information content (AvgIpc) is 1.88. The smallest absolute Gasteiger partial charge is 0.0264 e. The monoisotopic (exact) mass is 124 g/mol. The first kappa shape index (κ1) is 6.36. The molecule has 0 heterocycles. The van der Waals surface area contributed by atoms with Crippen molar-refractivity contribution in [3.8, 4) is 0 Å². The van der Waals surface area contributed by atoms with Crippen LogP contribution in [0, 0.1) is 5.92 Å². The highest BCUT2D eigenvalue weighted by Gasteiger charge is 2.03. The molecule has 0 saturated heterocycles. The molecule has 0 spiro atoms. The summed E-state index contributed by atoms with van der Waals surface area (Å²) in [5.74, 6) is 5.84. The molecule has 1 aliphatic rings. The van der Waals surface area contributed by atoms with Crippen LogP contribution < -0.4 is 11.3 Å². The van der Waals surface area contributed by atoms with Crippen molar-refractivity contribution in [2.24, 2.45) is 11.8 Å².